The average Bonchev–Trinajstić information content (AvgIpc) is 2.27. The highest BCUT2D eigenvalue weighted by atomic mass is 35.5. The molecule has 0 aliphatic heterocycles. The minimum absolute atomic E-state index is 0.0536. The van der Waals surface area contributed by atoms with Crippen LogP contribution in [0.5, 0.6) is 5.75 Å². The molecule has 0 aliphatic carbocycles. The molecule has 0 atom stereocenters. The smallest absolute Gasteiger partial charge is 0.242 e. The third kappa shape index (κ3) is 3.99. The van der Waals surface area contributed by atoms with Gasteiger partial charge in [-0.1, -0.05) is 23.2 Å². The predicted molar refractivity (Wildman–Crippen MR) is 77.5 cm³/mol. The van der Waals surface area contributed by atoms with Gasteiger partial charge in [-0.05, 0) is 32.0 Å². The fourth-order valence-corrected chi connectivity index (χ4v) is 2.71. The van der Waals surface area contributed by atoms with Crippen LogP contribution >= 0.6 is 23.2 Å². The lowest BCUT2D eigenvalue weighted by atomic mass is 10.2. The summed E-state index contributed by atoms with van der Waals surface area (Å²) in [6, 6.07) is 4.49. The lowest BCUT2D eigenvalue weighted by Gasteiger charge is -2.17. The number of nitrogens with zero attached hydrogens (tertiary/aromatic N) is 1. The first kappa shape index (κ1) is 16.6. The van der Waals surface area contributed by atoms with Crippen molar-refractivity contribution in [3.05, 3.63) is 23.8 Å². The zero-order valence-electron chi connectivity index (χ0n) is 11.2. The number of hydrogen-bond donors (Lipinski definition) is 0. The zero-order chi connectivity index (χ0) is 14.8. The lowest BCUT2D eigenvalue weighted by Crippen LogP contribution is -2.22. The largest absolute Gasteiger partial charge is 0.491 e. The van der Waals surface area contributed by atoms with Crippen LogP contribution in [0.15, 0.2) is 23.1 Å². The van der Waals surface area contributed by atoms with Crippen LogP contribution in [-0.2, 0) is 10.0 Å². The molecule has 0 bridgehead atoms. The molecule has 4 nitrogen and oxygen atoms in total. The van der Waals surface area contributed by atoms with Crippen LogP contribution < -0.4 is 4.74 Å². The minimum Gasteiger partial charge on any atom is -0.491 e. The third-order valence-electron chi connectivity index (χ3n) is 2.36. The van der Waals surface area contributed by atoms with E-state index in [4.69, 9.17) is 27.9 Å². The molecule has 0 spiro atoms. The Labute approximate surface area is 124 Å². The van der Waals surface area contributed by atoms with Crippen LogP contribution in [0.2, 0.25) is 0 Å². The lowest BCUT2D eigenvalue weighted by molar-refractivity contribution is 0.240. The van der Waals surface area contributed by atoms with Gasteiger partial charge in [0.15, 0.2) is 0 Å². The number of halogens is 2. The molecule has 0 saturated carbocycles. The SMILES string of the molecule is CC(C)Oc1ccc(S(=O)(=O)N(C)C)cc1C(Cl)Cl. The van der Waals surface area contributed by atoms with Crippen LogP contribution in [0, 0.1) is 0 Å². The molecule has 1 rings (SSSR count). The number of hydrogen-bond acceptors (Lipinski definition) is 3. The van der Waals surface area contributed by atoms with Gasteiger partial charge in [0.05, 0.1) is 11.0 Å². The normalized spacial score (nSPS) is 12.5. The molecule has 0 aromatic heterocycles. The molecule has 0 amide bonds. The highest BCUT2D eigenvalue weighted by Crippen LogP contribution is 2.35. The van der Waals surface area contributed by atoms with E-state index in [-0.39, 0.29) is 11.0 Å². The third-order valence-corrected chi connectivity index (χ3v) is 4.64. The summed E-state index contributed by atoms with van der Waals surface area (Å²) >= 11 is 11.7. The van der Waals surface area contributed by atoms with E-state index in [0.29, 0.717) is 11.3 Å². The highest BCUT2D eigenvalue weighted by molar-refractivity contribution is 7.89. The maximum absolute atomic E-state index is 12.0. The number of ether oxygens (including phenoxy) is 1. The van der Waals surface area contributed by atoms with Gasteiger partial charge in [0, 0.05) is 19.7 Å². The van der Waals surface area contributed by atoms with Crippen LogP contribution in [-0.4, -0.2) is 32.9 Å². The van der Waals surface area contributed by atoms with Crippen molar-refractivity contribution in [3.63, 3.8) is 0 Å². The van der Waals surface area contributed by atoms with Crippen molar-refractivity contribution in [1.29, 1.82) is 0 Å². The molecule has 0 unspecified atom stereocenters. The van der Waals surface area contributed by atoms with E-state index in [9.17, 15) is 8.42 Å². The van der Waals surface area contributed by atoms with E-state index in [1.165, 1.54) is 26.2 Å². The Hall–Kier alpha value is -0.490. The van der Waals surface area contributed by atoms with Gasteiger partial charge in [0.25, 0.3) is 0 Å². The van der Waals surface area contributed by atoms with Gasteiger partial charge < -0.3 is 4.74 Å². The molecular weight excluding hydrogens is 309 g/mol. The molecule has 7 heteroatoms. The Morgan fingerprint density at radius 1 is 1.21 bits per heavy atom. The summed E-state index contributed by atoms with van der Waals surface area (Å²) in [5, 5.41) is 0. The molecule has 0 saturated heterocycles. The molecule has 0 fully saturated rings. The quantitative estimate of drug-likeness (QED) is 0.781. The molecule has 0 N–H and O–H groups in total. The molecule has 0 aliphatic rings. The second kappa shape index (κ2) is 6.31. The van der Waals surface area contributed by atoms with Gasteiger partial charge >= 0.3 is 0 Å². The van der Waals surface area contributed by atoms with Crippen molar-refractivity contribution in [2.75, 3.05) is 14.1 Å². The fraction of sp³-hybridized carbons (Fsp3) is 0.500. The van der Waals surface area contributed by atoms with Gasteiger partial charge in [0.2, 0.25) is 10.0 Å². The number of sulfonamides is 1. The van der Waals surface area contributed by atoms with Gasteiger partial charge in [-0.3, -0.25) is 0 Å². The first-order valence-electron chi connectivity index (χ1n) is 5.67. The van der Waals surface area contributed by atoms with E-state index in [1.54, 1.807) is 6.07 Å². The molecule has 1 aromatic rings. The summed E-state index contributed by atoms with van der Waals surface area (Å²) in [6.07, 6.45) is -0.0536. The van der Waals surface area contributed by atoms with E-state index in [1.807, 2.05) is 13.8 Å². The van der Waals surface area contributed by atoms with E-state index >= 15 is 0 Å². The summed E-state index contributed by atoms with van der Waals surface area (Å²) in [5.74, 6) is 0.489. The zero-order valence-corrected chi connectivity index (χ0v) is 13.6. The van der Waals surface area contributed by atoms with Crippen molar-refractivity contribution in [2.45, 2.75) is 29.7 Å². The Morgan fingerprint density at radius 3 is 2.21 bits per heavy atom. The first-order valence-corrected chi connectivity index (χ1v) is 7.99. The standard InChI is InChI=1S/C12H17Cl2NO3S/c1-8(2)18-11-6-5-9(7-10(11)12(13)14)19(16,17)15(3)4/h5-8,12H,1-4H3. The average molecular weight is 326 g/mol. The maximum Gasteiger partial charge on any atom is 0.242 e. The molecule has 0 heterocycles. The second-order valence-corrected chi connectivity index (χ2v) is 7.70. The second-order valence-electron chi connectivity index (χ2n) is 4.45. The summed E-state index contributed by atoms with van der Waals surface area (Å²) in [6.45, 7) is 3.73. The fourth-order valence-electron chi connectivity index (χ4n) is 1.43. The van der Waals surface area contributed by atoms with E-state index in [0.717, 1.165) is 4.31 Å². The van der Waals surface area contributed by atoms with E-state index in [2.05, 4.69) is 0 Å². The highest BCUT2D eigenvalue weighted by Gasteiger charge is 2.21. The topological polar surface area (TPSA) is 46.6 Å². The molecule has 108 valence electrons. The summed E-state index contributed by atoms with van der Waals surface area (Å²) in [7, 11) is -0.588. The molecule has 0 radical (unpaired) electrons. The molecule has 1 aromatic carbocycles. The van der Waals surface area contributed by atoms with Crippen molar-refractivity contribution in [1.82, 2.24) is 4.31 Å². The molecule has 19 heavy (non-hydrogen) atoms. The number of rotatable bonds is 5. The van der Waals surface area contributed by atoms with E-state index < -0.39 is 14.9 Å². The van der Waals surface area contributed by atoms with Gasteiger partial charge in [0.1, 0.15) is 10.6 Å². The predicted octanol–water partition coefficient (Wildman–Crippen LogP) is 3.20. The number of benzene rings is 1. The van der Waals surface area contributed by atoms with Crippen molar-refractivity contribution in [2.24, 2.45) is 0 Å². The number of alkyl halides is 2. The Bertz CT molecular complexity index is 542. The maximum atomic E-state index is 12.0. The summed E-state index contributed by atoms with van der Waals surface area (Å²) in [4.78, 5) is -0.721. The summed E-state index contributed by atoms with van der Waals surface area (Å²) < 4.78 is 30.8. The Morgan fingerprint density at radius 2 is 1.79 bits per heavy atom. The van der Waals surface area contributed by atoms with Gasteiger partial charge in [-0.2, -0.15) is 0 Å². The Kier molecular flexibility index (Phi) is 5.50. The van der Waals surface area contributed by atoms with Crippen molar-refractivity contribution >= 4 is 33.2 Å². The van der Waals surface area contributed by atoms with Crippen LogP contribution in [0.3, 0.4) is 0 Å². The Balaban J connectivity index is 3.32. The summed E-state index contributed by atoms with van der Waals surface area (Å²) in [5.41, 5.74) is 0.444. The monoisotopic (exact) mass is 325 g/mol. The van der Waals surface area contributed by atoms with Crippen LogP contribution in [0.25, 0.3) is 0 Å². The van der Waals surface area contributed by atoms with Crippen molar-refractivity contribution < 1.29 is 13.2 Å². The van der Waals surface area contributed by atoms with Crippen LogP contribution in [0.4, 0.5) is 0 Å². The molecular formula is C12H17Cl2NO3S. The van der Waals surface area contributed by atoms with Crippen molar-refractivity contribution in [3.8, 4) is 5.75 Å². The first-order chi connectivity index (χ1) is 8.66. The minimum atomic E-state index is -3.52. The van der Waals surface area contributed by atoms with Gasteiger partial charge in [-0.25, -0.2) is 12.7 Å². The van der Waals surface area contributed by atoms with Crippen LogP contribution in [0.1, 0.15) is 24.2 Å². The van der Waals surface area contributed by atoms with Gasteiger partial charge in [-0.15, -0.1) is 0 Å².